The Morgan fingerprint density at radius 3 is 2.38 bits per heavy atom. The Labute approximate surface area is 247 Å². The molecule has 5 rings (SSSR count). The number of carboxylic acids is 1. The monoisotopic (exact) mass is 567 g/mol. The van der Waals surface area contributed by atoms with Gasteiger partial charge in [-0.3, -0.25) is 9.36 Å². The van der Waals surface area contributed by atoms with Crippen molar-refractivity contribution >= 4 is 5.97 Å². The van der Waals surface area contributed by atoms with Crippen LogP contribution in [-0.4, -0.2) is 32.0 Å². The maximum absolute atomic E-state index is 13.7. The van der Waals surface area contributed by atoms with Gasteiger partial charge in [0.25, 0.3) is 0 Å². The number of nitrogens with zero attached hydrogens (tertiary/aromatic N) is 3. The van der Waals surface area contributed by atoms with Crippen LogP contribution < -0.4 is 10.4 Å². The molecular formula is C35H41N3O4. The third-order valence-corrected chi connectivity index (χ3v) is 8.41. The second kappa shape index (κ2) is 13.2. The van der Waals surface area contributed by atoms with Crippen LogP contribution in [0.1, 0.15) is 74.5 Å². The minimum Gasteiger partial charge on any atom is -0.494 e. The molecule has 220 valence electrons. The third-order valence-electron chi connectivity index (χ3n) is 8.41. The van der Waals surface area contributed by atoms with Gasteiger partial charge in [-0.25, -0.2) is 4.79 Å². The maximum atomic E-state index is 13.7. The Morgan fingerprint density at radius 1 is 0.976 bits per heavy atom. The lowest BCUT2D eigenvalue weighted by Crippen LogP contribution is -2.32. The summed E-state index contributed by atoms with van der Waals surface area (Å²) in [4.78, 5) is 25.1. The molecule has 1 aromatic heterocycles. The van der Waals surface area contributed by atoms with Gasteiger partial charge in [-0.05, 0) is 86.4 Å². The Hall–Kier alpha value is -4.13. The highest BCUT2D eigenvalue weighted by atomic mass is 16.5. The number of rotatable bonds is 11. The standard InChI is InChI=1S/C35H41N3O4/c1-4-42-32-21-18-28(22-29(32)23-34(39)40)27-16-14-26(15-17-27)9-7-11-33-36-38(30-19-12-24(2)13-20-30)35(41)37(33)31-10-6-5-8-25(31)3/h12-22,25,31H,4-11,23H2,1-3H3,(H,39,40). The molecule has 1 aliphatic rings. The summed E-state index contributed by atoms with van der Waals surface area (Å²) in [7, 11) is 0. The van der Waals surface area contributed by atoms with Crippen molar-refractivity contribution in [2.45, 2.75) is 78.2 Å². The lowest BCUT2D eigenvalue weighted by molar-refractivity contribution is -0.136. The van der Waals surface area contributed by atoms with Crippen molar-refractivity contribution in [3.63, 3.8) is 0 Å². The Morgan fingerprint density at radius 2 is 1.69 bits per heavy atom. The normalized spacial score (nSPS) is 16.8. The Bertz CT molecular complexity index is 1570. The largest absolute Gasteiger partial charge is 0.494 e. The summed E-state index contributed by atoms with van der Waals surface area (Å²) < 4.78 is 9.21. The van der Waals surface area contributed by atoms with Crippen LogP contribution >= 0.6 is 0 Å². The Kier molecular flexibility index (Phi) is 9.25. The van der Waals surface area contributed by atoms with Crippen LogP contribution in [0.2, 0.25) is 0 Å². The van der Waals surface area contributed by atoms with Gasteiger partial charge >= 0.3 is 11.7 Å². The number of carboxylic acid groups (broad SMARTS) is 1. The SMILES string of the molecule is CCOc1ccc(-c2ccc(CCCc3nn(-c4ccc(C)cc4)c(=O)n3C3CCCCC3C)cc2)cc1CC(=O)O. The van der Waals surface area contributed by atoms with E-state index in [9.17, 15) is 14.7 Å². The number of ether oxygens (including phenoxy) is 1. The highest BCUT2D eigenvalue weighted by molar-refractivity contribution is 5.74. The molecule has 0 aliphatic heterocycles. The highest BCUT2D eigenvalue weighted by Gasteiger charge is 2.28. The van der Waals surface area contributed by atoms with Gasteiger partial charge in [0, 0.05) is 18.0 Å². The van der Waals surface area contributed by atoms with E-state index in [2.05, 4.69) is 31.2 Å². The van der Waals surface area contributed by atoms with Crippen LogP contribution in [0.4, 0.5) is 0 Å². The van der Waals surface area contributed by atoms with Crippen molar-refractivity contribution in [1.82, 2.24) is 14.3 Å². The van der Waals surface area contributed by atoms with Gasteiger partial charge in [0.15, 0.2) is 0 Å². The quantitative estimate of drug-likeness (QED) is 0.212. The molecule has 2 atom stereocenters. The molecule has 7 heteroatoms. The molecule has 1 aliphatic carbocycles. The lowest BCUT2D eigenvalue weighted by atomic mass is 9.85. The maximum Gasteiger partial charge on any atom is 0.350 e. The highest BCUT2D eigenvalue weighted by Crippen LogP contribution is 2.34. The van der Waals surface area contributed by atoms with E-state index in [4.69, 9.17) is 9.84 Å². The number of benzene rings is 3. The Balaban J connectivity index is 1.32. The van der Waals surface area contributed by atoms with E-state index in [0.717, 1.165) is 66.7 Å². The molecule has 0 radical (unpaired) electrons. The van der Waals surface area contributed by atoms with Crippen LogP contribution in [0.25, 0.3) is 16.8 Å². The number of hydrogen-bond acceptors (Lipinski definition) is 4. The number of aliphatic carboxylic acids is 1. The summed E-state index contributed by atoms with van der Waals surface area (Å²) in [6.45, 7) is 6.69. The van der Waals surface area contributed by atoms with Crippen LogP contribution in [-0.2, 0) is 24.1 Å². The van der Waals surface area contributed by atoms with E-state index in [1.165, 1.54) is 12.0 Å². The van der Waals surface area contributed by atoms with Crippen molar-refractivity contribution in [2.75, 3.05) is 6.61 Å². The summed E-state index contributed by atoms with van der Waals surface area (Å²) in [6, 6.07) is 22.3. The van der Waals surface area contributed by atoms with Gasteiger partial charge in [-0.1, -0.05) is 67.8 Å². The summed E-state index contributed by atoms with van der Waals surface area (Å²) in [5.74, 6) is 1.06. The summed E-state index contributed by atoms with van der Waals surface area (Å²) in [5.41, 5.74) is 5.82. The number of carbonyl (C=O) groups is 1. The summed E-state index contributed by atoms with van der Waals surface area (Å²) >= 11 is 0. The molecule has 7 nitrogen and oxygen atoms in total. The minimum absolute atomic E-state index is 0.0328. The van der Waals surface area contributed by atoms with E-state index < -0.39 is 5.97 Å². The topological polar surface area (TPSA) is 86.4 Å². The second-order valence-electron chi connectivity index (χ2n) is 11.5. The van der Waals surface area contributed by atoms with E-state index in [0.29, 0.717) is 23.8 Å². The van der Waals surface area contributed by atoms with Crippen LogP contribution in [0, 0.1) is 12.8 Å². The van der Waals surface area contributed by atoms with E-state index in [-0.39, 0.29) is 18.2 Å². The molecule has 1 N–H and O–H groups in total. The molecular weight excluding hydrogens is 526 g/mol. The fourth-order valence-corrected chi connectivity index (χ4v) is 6.13. The molecule has 1 fully saturated rings. The van der Waals surface area contributed by atoms with Crippen LogP contribution in [0.3, 0.4) is 0 Å². The van der Waals surface area contributed by atoms with Gasteiger partial charge in [-0.15, -0.1) is 5.10 Å². The summed E-state index contributed by atoms with van der Waals surface area (Å²) in [5, 5.41) is 14.2. The smallest absolute Gasteiger partial charge is 0.350 e. The van der Waals surface area contributed by atoms with Crippen molar-refractivity contribution in [2.24, 2.45) is 5.92 Å². The zero-order valence-electron chi connectivity index (χ0n) is 24.9. The minimum atomic E-state index is -0.879. The van der Waals surface area contributed by atoms with E-state index in [1.807, 2.05) is 60.9 Å². The first-order chi connectivity index (χ1) is 20.3. The van der Waals surface area contributed by atoms with Crippen molar-refractivity contribution < 1.29 is 14.6 Å². The zero-order valence-corrected chi connectivity index (χ0v) is 24.9. The fourth-order valence-electron chi connectivity index (χ4n) is 6.13. The molecule has 0 saturated heterocycles. The van der Waals surface area contributed by atoms with Crippen molar-refractivity contribution in [3.05, 3.63) is 99.7 Å². The van der Waals surface area contributed by atoms with Crippen LogP contribution in [0.15, 0.2) is 71.5 Å². The predicted molar refractivity (Wildman–Crippen MR) is 166 cm³/mol. The third kappa shape index (κ3) is 6.67. The molecule has 42 heavy (non-hydrogen) atoms. The van der Waals surface area contributed by atoms with Crippen molar-refractivity contribution in [3.8, 4) is 22.6 Å². The molecule has 2 unspecified atom stereocenters. The van der Waals surface area contributed by atoms with E-state index >= 15 is 0 Å². The first kappa shape index (κ1) is 29.4. The molecule has 1 heterocycles. The number of hydrogen-bond donors (Lipinski definition) is 1. The van der Waals surface area contributed by atoms with Gasteiger partial charge in [0.1, 0.15) is 11.6 Å². The van der Waals surface area contributed by atoms with Gasteiger partial charge < -0.3 is 9.84 Å². The van der Waals surface area contributed by atoms with Gasteiger partial charge in [-0.2, -0.15) is 4.68 Å². The van der Waals surface area contributed by atoms with Crippen LogP contribution in [0.5, 0.6) is 5.75 Å². The van der Waals surface area contributed by atoms with Crippen molar-refractivity contribution in [1.29, 1.82) is 0 Å². The fraction of sp³-hybridized carbons (Fsp3) is 0.400. The molecule has 1 saturated carbocycles. The average molecular weight is 568 g/mol. The molecule has 3 aromatic carbocycles. The predicted octanol–water partition coefficient (Wildman–Crippen LogP) is 6.96. The zero-order chi connectivity index (χ0) is 29.6. The first-order valence-electron chi connectivity index (χ1n) is 15.2. The number of aryl methyl sites for hydroxylation is 3. The molecule has 0 bridgehead atoms. The molecule has 0 spiro atoms. The summed E-state index contributed by atoms with van der Waals surface area (Å²) in [6.07, 6.45) is 6.95. The van der Waals surface area contributed by atoms with E-state index in [1.54, 1.807) is 4.68 Å². The number of aromatic nitrogens is 3. The van der Waals surface area contributed by atoms with Gasteiger partial charge in [0.05, 0.1) is 18.7 Å². The van der Waals surface area contributed by atoms with Gasteiger partial charge in [0.2, 0.25) is 0 Å². The first-order valence-corrected chi connectivity index (χ1v) is 15.2. The average Bonchev–Trinajstić information content (AvgIpc) is 3.30. The molecule has 0 amide bonds. The molecule has 4 aromatic rings. The lowest BCUT2D eigenvalue weighted by Gasteiger charge is -2.30. The second-order valence-corrected chi connectivity index (χ2v) is 11.5.